The van der Waals surface area contributed by atoms with E-state index in [1.807, 2.05) is 0 Å². The molecule has 0 spiro atoms. The van der Waals surface area contributed by atoms with Gasteiger partial charge in [-0.1, -0.05) is 73.4 Å². The molecule has 0 saturated heterocycles. The van der Waals surface area contributed by atoms with Gasteiger partial charge in [0.05, 0.1) is 16.1 Å². The second kappa shape index (κ2) is 13.6. The van der Waals surface area contributed by atoms with E-state index in [1.165, 1.54) is 23.1 Å². The van der Waals surface area contributed by atoms with E-state index >= 15 is 0 Å². The average Bonchev–Trinajstić information content (AvgIpc) is 2.99. The van der Waals surface area contributed by atoms with Crippen molar-refractivity contribution in [2.45, 2.75) is 75.7 Å². The summed E-state index contributed by atoms with van der Waals surface area (Å²) >= 11 is 0. The lowest BCUT2D eigenvalue weighted by molar-refractivity contribution is -0.139. The third kappa shape index (κ3) is 8.16. The van der Waals surface area contributed by atoms with Crippen LogP contribution < -0.4 is 9.62 Å². The van der Waals surface area contributed by atoms with Crippen molar-refractivity contribution in [3.05, 3.63) is 95.6 Å². The predicted octanol–water partition coefficient (Wildman–Crippen LogP) is 6.08. The van der Waals surface area contributed by atoms with Crippen molar-refractivity contribution in [1.82, 2.24) is 10.2 Å². The molecule has 2 amide bonds. The number of halogens is 3. The van der Waals surface area contributed by atoms with Crippen LogP contribution >= 0.6 is 0 Å². The molecule has 0 bridgehead atoms. The molecular formula is C32H36F3N3O4S. The van der Waals surface area contributed by atoms with Crippen molar-refractivity contribution in [1.29, 1.82) is 0 Å². The lowest BCUT2D eigenvalue weighted by atomic mass is 9.95. The van der Waals surface area contributed by atoms with Gasteiger partial charge >= 0.3 is 6.18 Å². The van der Waals surface area contributed by atoms with Gasteiger partial charge in [0.1, 0.15) is 12.6 Å². The summed E-state index contributed by atoms with van der Waals surface area (Å²) in [7, 11) is -4.49. The first-order valence-corrected chi connectivity index (χ1v) is 15.7. The fourth-order valence-corrected chi connectivity index (χ4v) is 6.54. The molecule has 7 nitrogen and oxygen atoms in total. The van der Waals surface area contributed by atoms with Gasteiger partial charge in [0, 0.05) is 12.6 Å². The highest BCUT2D eigenvalue weighted by atomic mass is 32.2. The molecule has 1 N–H and O–H groups in total. The largest absolute Gasteiger partial charge is 0.416 e. The smallest absolute Gasteiger partial charge is 0.352 e. The van der Waals surface area contributed by atoms with Crippen LogP contribution in [0, 0.1) is 6.92 Å². The minimum absolute atomic E-state index is 0.0000627. The number of carbonyl (C=O) groups excluding carboxylic acids is 2. The van der Waals surface area contributed by atoms with Gasteiger partial charge in [-0.25, -0.2) is 8.42 Å². The number of aryl methyl sites for hydroxylation is 1. The van der Waals surface area contributed by atoms with Crippen molar-refractivity contribution in [3.63, 3.8) is 0 Å². The summed E-state index contributed by atoms with van der Waals surface area (Å²) in [5, 5.41) is 3.02. The molecule has 1 fully saturated rings. The van der Waals surface area contributed by atoms with E-state index in [-0.39, 0.29) is 29.1 Å². The number of sulfonamides is 1. The zero-order valence-electron chi connectivity index (χ0n) is 24.2. The topological polar surface area (TPSA) is 86.8 Å². The Bertz CT molecular complexity index is 1510. The molecule has 1 saturated carbocycles. The quantitative estimate of drug-likeness (QED) is 0.300. The van der Waals surface area contributed by atoms with E-state index in [4.69, 9.17) is 0 Å². The third-order valence-electron chi connectivity index (χ3n) is 7.66. The number of carbonyl (C=O) groups is 2. The molecule has 1 atom stereocenters. The number of rotatable bonds is 10. The van der Waals surface area contributed by atoms with Crippen molar-refractivity contribution < 1.29 is 31.2 Å². The molecular weight excluding hydrogens is 579 g/mol. The lowest BCUT2D eigenvalue weighted by Crippen LogP contribution is -2.53. The van der Waals surface area contributed by atoms with Gasteiger partial charge < -0.3 is 10.2 Å². The Hall–Kier alpha value is -3.86. The number of nitrogens with one attached hydrogen (secondary N) is 1. The molecule has 43 heavy (non-hydrogen) atoms. The number of benzene rings is 3. The number of hydrogen-bond acceptors (Lipinski definition) is 4. The Kier molecular flexibility index (Phi) is 10.2. The first kappa shape index (κ1) is 32.1. The van der Waals surface area contributed by atoms with Gasteiger partial charge in [-0.2, -0.15) is 13.2 Å². The molecule has 0 heterocycles. The van der Waals surface area contributed by atoms with Gasteiger partial charge in [-0.15, -0.1) is 0 Å². The van der Waals surface area contributed by atoms with Crippen molar-refractivity contribution in [2.75, 3.05) is 10.8 Å². The second-order valence-electron chi connectivity index (χ2n) is 10.9. The summed E-state index contributed by atoms with van der Waals surface area (Å²) in [5.41, 5.74) is 0.123. The van der Waals surface area contributed by atoms with Crippen LogP contribution in [0.2, 0.25) is 0 Å². The highest BCUT2D eigenvalue weighted by Gasteiger charge is 2.35. The summed E-state index contributed by atoms with van der Waals surface area (Å²) in [5.74, 6) is -1.11. The van der Waals surface area contributed by atoms with Crippen LogP contribution in [-0.2, 0) is 32.3 Å². The predicted molar refractivity (Wildman–Crippen MR) is 159 cm³/mol. The van der Waals surface area contributed by atoms with Gasteiger partial charge in [0.15, 0.2) is 0 Å². The lowest BCUT2D eigenvalue weighted by Gasteiger charge is -2.33. The molecule has 3 aromatic rings. The maximum Gasteiger partial charge on any atom is 0.416 e. The van der Waals surface area contributed by atoms with Crippen LogP contribution in [-0.4, -0.2) is 43.8 Å². The molecule has 3 aromatic carbocycles. The van der Waals surface area contributed by atoms with E-state index in [9.17, 15) is 31.2 Å². The maximum absolute atomic E-state index is 14.0. The van der Waals surface area contributed by atoms with E-state index in [0.717, 1.165) is 49.8 Å². The fraction of sp³-hybridized carbons (Fsp3) is 0.375. The zero-order valence-corrected chi connectivity index (χ0v) is 25.0. The summed E-state index contributed by atoms with van der Waals surface area (Å²) < 4.78 is 69.3. The van der Waals surface area contributed by atoms with E-state index < -0.39 is 40.3 Å². The average molecular weight is 616 g/mol. The van der Waals surface area contributed by atoms with Crippen LogP contribution in [0.25, 0.3) is 0 Å². The summed E-state index contributed by atoms with van der Waals surface area (Å²) in [6.07, 6.45) is 0.0295. The molecule has 1 aliphatic rings. The van der Waals surface area contributed by atoms with Crippen molar-refractivity contribution in [3.8, 4) is 0 Å². The Morgan fingerprint density at radius 1 is 0.930 bits per heavy atom. The number of amides is 2. The van der Waals surface area contributed by atoms with Crippen LogP contribution in [0.4, 0.5) is 18.9 Å². The first-order valence-electron chi connectivity index (χ1n) is 14.3. The number of anilines is 1. The monoisotopic (exact) mass is 615 g/mol. The highest BCUT2D eigenvalue weighted by Crippen LogP contribution is 2.33. The molecule has 11 heteroatoms. The number of nitrogens with zero attached hydrogens (tertiary/aromatic N) is 2. The van der Waals surface area contributed by atoms with Gasteiger partial charge in [0.2, 0.25) is 11.8 Å². The zero-order chi connectivity index (χ0) is 31.2. The Balaban J connectivity index is 1.71. The molecule has 4 rings (SSSR count). The number of alkyl halides is 3. The van der Waals surface area contributed by atoms with Crippen molar-refractivity contribution >= 4 is 27.5 Å². The van der Waals surface area contributed by atoms with Gasteiger partial charge in [-0.05, 0) is 62.6 Å². The summed E-state index contributed by atoms with van der Waals surface area (Å²) in [6.45, 7) is 2.53. The second-order valence-corrected chi connectivity index (χ2v) is 12.8. The van der Waals surface area contributed by atoms with Crippen LogP contribution in [0.3, 0.4) is 0 Å². The van der Waals surface area contributed by atoms with E-state index in [2.05, 4.69) is 5.32 Å². The Labute approximate surface area is 250 Å². The maximum atomic E-state index is 14.0. The molecule has 0 unspecified atom stereocenters. The van der Waals surface area contributed by atoms with Gasteiger partial charge in [-0.3, -0.25) is 13.9 Å². The standard InChI is InChI=1S/C32H36F3N3O4S/c1-23-16-18-29(19-17-23)43(41,42)38(28-15-9-12-26(20-28)32(33,34)35)22-30(39)37(21-25-10-5-3-6-11-25)24(2)31(40)36-27-13-7-4-8-14-27/h3,5-6,9-12,15-20,24,27H,4,7-8,13-14,21-22H2,1-2H3,(H,36,40)/t24-/m1/s1. The molecule has 1 aliphatic carbocycles. The Morgan fingerprint density at radius 3 is 2.21 bits per heavy atom. The minimum Gasteiger partial charge on any atom is -0.352 e. The van der Waals surface area contributed by atoms with Crippen LogP contribution in [0.1, 0.15) is 55.7 Å². The number of hydrogen-bond donors (Lipinski definition) is 1. The third-order valence-corrected chi connectivity index (χ3v) is 9.45. The van der Waals surface area contributed by atoms with Gasteiger partial charge in [0.25, 0.3) is 10.0 Å². The van der Waals surface area contributed by atoms with E-state index in [1.54, 1.807) is 56.3 Å². The highest BCUT2D eigenvalue weighted by molar-refractivity contribution is 7.92. The van der Waals surface area contributed by atoms with E-state index in [0.29, 0.717) is 15.9 Å². The Morgan fingerprint density at radius 2 is 1.58 bits per heavy atom. The van der Waals surface area contributed by atoms with Crippen LogP contribution in [0.15, 0.2) is 83.8 Å². The minimum atomic E-state index is -4.73. The van der Waals surface area contributed by atoms with Crippen molar-refractivity contribution in [2.24, 2.45) is 0 Å². The molecule has 230 valence electrons. The normalized spacial score (nSPS) is 15.0. The molecule has 0 radical (unpaired) electrons. The van der Waals surface area contributed by atoms with Crippen LogP contribution in [0.5, 0.6) is 0 Å². The molecule has 0 aromatic heterocycles. The summed E-state index contributed by atoms with van der Waals surface area (Å²) in [4.78, 5) is 28.4. The summed E-state index contributed by atoms with van der Waals surface area (Å²) in [6, 6.07) is 17.6. The fourth-order valence-electron chi connectivity index (χ4n) is 5.14. The SMILES string of the molecule is Cc1ccc(S(=O)(=O)N(CC(=O)N(Cc2ccccc2)[C@H](C)C(=O)NC2CCCCC2)c2cccc(C(F)(F)F)c2)cc1. The first-order chi connectivity index (χ1) is 20.4. The molecule has 0 aliphatic heterocycles.